The van der Waals surface area contributed by atoms with Gasteiger partial charge in [-0.25, -0.2) is 9.19 Å². The minimum atomic E-state index is -1.51. The smallest absolute Gasteiger partial charge is 0.257 e. The van der Waals surface area contributed by atoms with Crippen molar-refractivity contribution in [2.24, 2.45) is 0 Å². The molecule has 0 aliphatic carbocycles. The minimum Gasteiger partial charge on any atom is -0.489 e. The molecule has 1 aliphatic rings. The molecule has 3 aromatic rings. The Morgan fingerprint density at radius 2 is 1.80 bits per heavy atom. The normalized spacial score (nSPS) is 15.3. The van der Waals surface area contributed by atoms with Gasteiger partial charge in [0.2, 0.25) is 5.88 Å². The number of amides is 1. The highest BCUT2D eigenvalue weighted by molar-refractivity contribution is 7.93. The number of hydrogen-bond donors (Lipinski definition) is 1. The zero-order chi connectivity index (χ0) is 20.9. The third kappa shape index (κ3) is 4.66. The number of hydrogen-bond acceptors (Lipinski definition) is 6. The molecule has 0 radical (unpaired) electrons. The van der Waals surface area contributed by atoms with E-state index in [9.17, 15) is 9.00 Å². The van der Waals surface area contributed by atoms with Gasteiger partial charge in [-0.1, -0.05) is 24.3 Å². The summed E-state index contributed by atoms with van der Waals surface area (Å²) in [7, 11) is 0.0525. The van der Waals surface area contributed by atoms with Gasteiger partial charge in [0.1, 0.15) is 23.9 Å². The van der Waals surface area contributed by atoms with Gasteiger partial charge in [0.05, 0.1) is 18.2 Å². The van der Waals surface area contributed by atoms with Crippen molar-refractivity contribution in [1.29, 1.82) is 0 Å². The molecule has 1 atom stereocenters. The van der Waals surface area contributed by atoms with Gasteiger partial charge in [0, 0.05) is 12.1 Å². The fourth-order valence-electron chi connectivity index (χ4n) is 2.80. The number of nitrogens with zero attached hydrogens (tertiary/aromatic N) is 1. The van der Waals surface area contributed by atoms with Gasteiger partial charge in [-0.3, -0.25) is 9.52 Å². The number of methoxy groups -OCH3 is 1. The topological polar surface area (TPSA) is 86.8 Å². The Labute approximate surface area is 175 Å². The van der Waals surface area contributed by atoms with Crippen LogP contribution in [0, 0.1) is 0 Å². The summed E-state index contributed by atoms with van der Waals surface area (Å²) >= 11 is 0. The first-order valence-corrected chi connectivity index (χ1v) is 10.2. The summed E-state index contributed by atoms with van der Waals surface area (Å²) in [6.07, 6.45) is 2.94. The first kappa shape index (κ1) is 19.7. The monoisotopic (exact) mass is 422 g/mol. The lowest BCUT2D eigenvalue weighted by atomic mass is 10.2. The van der Waals surface area contributed by atoms with Gasteiger partial charge in [0.25, 0.3) is 5.91 Å². The van der Waals surface area contributed by atoms with Gasteiger partial charge in [0.15, 0.2) is 11.0 Å². The van der Waals surface area contributed by atoms with Crippen LogP contribution >= 0.6 is 0 Å². The molecular formula is C22H18N2O5S. The average Bonchev–Trinajstić information content (AvgIpc) is 3.11. The van der Waals surface area contributed by atoms with E-state index in [2.05, 4.69) is 9.71 Å². The molecule has 152 valence electrons. The van der Waals surface area contributed by atoms with Crippen LogP contribution < -0.4 is 18.9 Å². The number of nitrogens with one attached hydrogen (secondary N) is 1. The third-order valence-corrected chi connectivity index (χ3v) is 5.39. The van der Waals surface area contributed by atoms with E-state index in [1.807, 2.05) is 24.3 Å². The second kappa shape index (κ2) is 8.79. The van der Waals surface area contributed by atoms with Crippen molar-refractivity contribution in [3.8, 4) is 23.1 Å². The Bertz CT molecular complexity index is 1110. The molecule has 2 aromatic carbocycles. The minimum absolute atomic E-state index is 0.351. The van der Waals surface area contributed by atoms with Crippen molar-refractivity contribution in [1.82, 2.24) is 9.71 Å². The Balaban J connectivity index is 1.38. The standard InChI is InChI=1S/C22H18N2O5S/c1-27-22-10-9-19(13-23-22)29-18-4-2-3-15(11-18)14-28-17-7-5-16(6-8-17)20-12-21(25)24-30(20)26/h2-13H,14H2,1H3,(H,24,25). The van der Waals surface area contributed by atoms with Gasteiger partial charge in [-0.15, -0.1) is 0 Å². The van der Waals surface area contributed by atoms with E-state index in [1.54, 1.807) is 49.7 Å². The highest BCUT2D eigenvalue weighted by Gasteiger charge is 2.20. The Hall–Kier alpha value is -3.65. The van der Waals surface area contributed by atoms with Crippen molar-refractivity contribution in [2.45, 2.75) is 6.61 Å². The molecule has 1 unspecified atom stereocenters. The molecule has 1 amide bonds. The Morgan fingerprint density at radius 3 is 2.47 bits per heavy atom. The van der Waals surface area contributed by atoms with Gasteiger partial charge < -0.3 is 14.2 Å². The highest BCUT2D eigenvalue weighted by atomic mass is 32.2. The second-order valence-electron chi connectivity index (χ2n) is 6.34. The maximum Gasteiger partial charge on any atom is 0.257 e. The summed E-state index contributed by atoms with van der Waals surface area (Å²) in [6, 6.07) is 18.2. The fourth-order valence-corrected chi connectivity index (χ4v) is 3.72. The fraction of sp³-hybridized carbons (Fsp3) is 0.0909. The van der Waals surface area contributed by atoms with Crippen molar-refractivity contribution < 1.29 is 23.2 Å². The molecule has 4 rings (SSSR count). The number of benzene rings is 2. The number of ether oxygens (including phenoxy) is 3. The number of carbonyl (C=O) groups is 1. The third-order valence-electron chi connectivity index (χ3n) is 4.25. The van der Waals surface area contributed by atoms with Crippen LogP contribution in [0.5, 0.6) is 23.1 Å². The molecule has 0 bridgehead atoms. The number of pyridine rings is 1. The van der Waals surface area contributed by atoms with E-state index < -0.39 is 11.0 Å². The Morgan fingerprint density at radius 1 is 1.00 bits per heavy atom. The van der Waals surface area contributed by atoms with Crippen LogP contribution in [-0.4, -0.2) is 22.2 Å². The van der Waals surface area contributed by atoms with Gasteiger partial charge in [-0.2, -0.15) is 0 Å². The Kier molecular flexibility index (Phi) is 5.76. The maximum atomic E-state index is 11.8. The van der Waals surface area contributed by atoms with Crippen LogP contribution in [0.2, 0.25) is 0 Å². The predicted octanol–water partition coefficient (Wildman–Crippen LogP) is 3.60. The van der Waals surface area contributed by atoms with Crippen molar-refractivity contribution >= 4 is 21.8 Å². The molecule has 1 aromatic heterocycles. The molecule has 8 heteroatoms. The zero-order valence-corrected chi connectivity index (χ0v) is 16.8. The first-order valence-electron chi connectivity index (χ1n) is 9.05. The quantitative estimate of drug-likeness (QED) is 0.626. The van der Waals surface area contributed by atoms with Crippen molar-refractivity contribution in [3.63, 3.8) is 0 Å². The van der Waals surface area contributed by atoms with E-state index in [4.69, 9.17) is 14.2 Å². The predicted molar refractivity (Wildman–Crippen MR) is 112 cm³/mol. The van der Waals surface area contributed by atoms with Crippen LogP contribution in [0.25, 0.3) is 4.91 Å². The van der Waals surface area contributed by atoms with E-state index in [0.29, 0.717) is 40.2 Å². The lowest BCUT2D eigenvalue weighted by Crippen LogP contribution is -2.16. The molecule has 30 heavy (non-hydrogen) atoms. The van der Waals surface area contributed by atoms with Crippen LogP contribution in [0.1, 0.15) is 11.1 Å². The molecular weight excluding hydrogens is 404 g/mol. The molecule has 7 nitrogen and oxygen atoms in total. The van der Waals surface area contributed by atoms with Crippen molar-refractivity contribution in [2.75, 3.05) is 7.11 Å². The molecule has 0 fully saturated rings. The van der Waals surface area contributed by atoms with E-state index in [1.165, 1.54) is 6.08 Å². The van der Waals surface area contributed by atoms with E-state index >= 15 is 0 Å². The van der Waals surface area contributed by atoms with Gasteiger partial charge in [-0.05, 0) is 41.5 Å². The maximum absolute atomic E-state index is 11.8. The lowest BCUT2D eigenvalue weighted by Gasteiger charge is -2.10. The van der Waals surface area contributed by atoms with Crippen LogP contribution in [0.15, 0.2) is 72.9 Å². The van der Waals surface area contributed by atoms with Crippen LogP contribution in [0.3, 0.4) is 0 Å². The summed E-state index contributed by atoms with van der Waals surface area (Å²) in [5, 5.41) is 0. The molecule has 0 saturated heterocycles. The number of rotatable bonds is 7. The SMILES string of the molecule is COc1ccc(Oc2cccc(COc3ccc(C4=CC(=O)NS4=O)cc3)c2)cn1. The lowest BCUT2D eigenvalue weighted by molar-refractivity contribution is -0.114. The molecule has 1 aliphatic heterocycles. The highest BCUT2D eigenvalue weighted by Crippen LogP contribution is 2.25. The zero-order valence-electron chi connectivity index (χ0n) is 16.0. The molecule has 1 N–H and O–H groups in total. The summed E-state index contributed by atoms with van der Waals surface area (Å²) in [6.45, 7) is 0.353. The molecule has 0 spiro atoms. The van der Waals surface area contributed by atoms with Crippen LogP contribution in [-0.2, 0) is 22.4 Å². The molecule has 0 saturated carbocycles. The summed E-state index contributed by atoms with van der Waals surface area (Å²) in [5.74, 6) is 2.11. The number of aromatic nitrogens is 1. The van der Waals surface area contributed by atoms with E-state index in [0.717, 1.165) is 5.56 Å². The summed E-state index contributed by atoms with van der Waals surface area (Å²) < 4.78 is 30.9. The number of carbonyl (C=O) groups excluding carboxylic acids is 1. The van der Waals surface area contributed by atoms with Crippen molar-refractivity contribution in [3.05, 3.63) is 84.1 Å². The van der Waals surface area contributed by atoms with E-state index in [-0.39, 0.29) is 5.91 Å². The average molecular weight is 422 g/mol. The molecule has 2 heterocycles. The second-order valence-corrected chi connectivity index (χ2v) is 7.52. The summed E-state index contributed by atoms with van der Waals surface area (Å²) in [5.41, 5.74) is 1.65. The first-order chi connectivity index (χ1) is 14.6. The van der Waals surface area contributed by atoms with Gasteiger partial charge >= 0.3 is 0 Å². The summed E-state index contributed by atoms with van der Waals surface area (Å²) in [4.78, 5) is 15.9. The van der Waals surface area contributed by atoms with Crippen LogP contribution in [0.4, 0.5) is 0 Å². The largest absolute Gasteiger partial charge is 0.489 e.